The van der Waals surface area contributed by atoms with Gasteiger partial charge in [0.2, 0.25) is 5.91 Å². The molecule has 3 saturated heterocycles. The number of rotatable bonds is 1. The van der Waals surface area contributed by atoms with Crippen molar-refractivity contribution < 1.29 is 9.53 Å². The van der Waals surface area contributed by atoms with Crippen LogP contribution in [0.4, 0.5) is 5.69 Å². The van der Waals surface area contributed by atoms with Crippen LogP contribution in [0.15, 0.2) is 71.8 Å². The minimum absolute atomic E-state index is 0.000889. The molecule has 6 aliphatic rings. The molecule has 160 valence electrons. The van der Waals surface area contributed by atoms with Crippen molar-refractivity contribution in [1.29, 1.82) is 0 Å². The molecule has 1 aliphatic carbocycles. The van der Waals surface area contributed by atoms with Crippen molar-refractivity contribution in [3.8, 4) is 0 Å². The molecule has 32 heavy (non-hydrogen) atoms. The number of nitrogens with zero attached hydrogens (tertiary/aromatic N) is 2. The molecule has 2 aromatic carbocycles. The predicted molar refractivity (Wildman–Crippen MR) is 123 cm³/mol. The molecule has 4 fully saturated rings. The Morgan fingerprint density at radius 2 is 1.91 bits per heavy atom. The fraction of sp³-hybridized carbons (Fsp3) is 0.393. The number of piperidine rings is 2. The maximum absolute atomic E-state index is 13.5. The van der Waals surface area contributed by atoms with E-state index in [1.165, 1.54) is 16.7 Å². The van der Waals surface area contributed by atoms with Gasteiger partial charge >= 0.3 is 0 Å². The highest BCUT2D eigenvalue weighted by atomic mass is 16.5. The van der Waals surface area contributed by atoms with Crippen molar-refractivity contribution >= 4 is 17.7 Å². The molecule has 8 rings (SSSR count). The van der Waals surface area contributed by atoms with Gasteiger partial charge in [-0.1, -0.05) is 66.3 Å². The maximum Gasteiger partial charge on any atom is 0.229 e. The number of ether oxygens (including phenoxy) is 1. The summed E-state index contributed by atoms with van der Waals surface area (Å²) in [5, 5.41) is 0. The minimum atomic E-state index is -0.0358. The number of amides is 1. The van der Waals surface area contributed by atoms with E-state index in [0.29, 0.717) is 30.9 Å². The van der Waals surface area contributed by atoms with Crippen LogP contribution in [-0.4, -0.2) is 48.7 Å². The third kappa shape index (κ3) is 1.96. The minimum Gasteiger partial charge on any atom is -0.373 e. The first kappa shape index (κ1) is 17.8. The van der Waals surface area contributed by atoms with Crippen LogP contribution >= 0.6 is 0 Å². The van der Waals surface area contributed by atoms with E-state index < -0.39 is 0 Å². The first-order valence-electron chi connectivity index (χ1n) is 12.0. The number of hydrogen-bond donors (Lipinski definition) is 0. The molecule has 2 aromatic rings. The van der Waals surface area contributed by atoms with Crippen molar-refractivity contribution in [2.45, 2.75) is 36.4 Å². The van der Waals surface area contributed by atoms with Crippen LogP contribution in [0.25, 0.3) is 6.08 Å². The molecule has 4 heteroatoms. The standard InChI is InChI=1S/C28H26N2O2/c31-23-15-22-25-24-18(10-13-32-22)16-29-12-11-28(20-8-4-5-9-21(20)30(23)27(25)28)26(29)19(24)14-17-6-2-1-3-7-17/h1-10,14,22,24-27H,11-13,15-16H2/b19-14+/t22?,24-,25-,26+,27?,28+/m1/s1. The zero-order valence-corrected chi connectivity index (χ0v) is 18.0. The van der Waals surface area contributed by atoms with Crippen LogP contribution in [0.5, 0.6) is 0 Å². The average Bonchev–Trinajstić information content (AvgIpc) is 3.28. The van der Waals surface area contributed by atoms with E-state index in [0.717, 1.165) is 25.2 Å². The van der Waals surface area contributed by atoms with Gasteiger partial charge in [0.25, 0.3) is 0 Å². The molecule has 5 aliphatic heterocycles. The first-order valence-corrected chi connectivity index (χ1v) is 12.0. The van der Waals surface area contributed by atoms with Gasteiger partial charge in [0.15, 0.2) is 0 Å². The summed E-state index contributed by atoms with van der Waals surface area (Å²) in [4.78, 5) is 18.4. The molecular weight excluding hydrogens is 396 g/mol. The molecule has 0 radical (unpaired) electrons. The number of para-hydroxylation sites is 1. The zero-order valence-electron chi connectivity index (χ0n) is 18.0. The van der Waals surface area contributed by atoms with Crippen LogP contribution in [-0.2, 0) is 14.9 Å². The Hall–Kier alpha value is -2.69. The van der Waals surface area contributed by atoms with E-state index in [9.17, 15) is 4.79 Å². The molecule has 6 atom stereocenters. The van der Waals surface area contributed by atoms with Crippen LogP contribution in [0, 0.1) is 11.8 Å². The lowest BCUT2D eigenvalue weighted by Crippen LogP contribution is -2.70. The van der Waals surface area contributed by atoms with Gasteiger partial charge < -0.3 is 9.64 Å². The van der Waals surface area contributed by atoms with E-state index in [1.807, 2.05) is 0 Å². The smallest absolute Gasteiger partial charge is 0.229 e. The van der Waals surface area contributed by atoms with Crippen molar-refractivity contribution in [1.82, 2.24) is 4.90 Å². The zero-order chi connectivity index (χ0) is 21.0. The van der Waals surface area contributed by atoms with E-state index >= 15 is 0 Å². The Balaban J connectivity index is 1.45. The van der Waals surface area contributed by atoms with Crippen molar-refractivity contribution in [2.75, 3.05) is 24.6 Å². The summed E-state index contributed by atoms with van der Waals surface area (Å²) in [6, 6.07) is 20.1. The summed E-state index contributed by atoms with van der Waals surface area (Å²) < 4.78 is 6.42. The predicted octanol–water partition coefficient (Wildman–Crippen LogP) is 3.79. The van der Waals surface area contributed by atoms with Gasteiger partial charge in [-0.05, 0) is 29.2 Å². The van der Waals surface area contributed by atoms with Crippen LogP contribution in [0.1, 0.15) is 24.0 Å². The summed E-state index contributed by atoms with van der Waals surface area (Å²) in [5.74, 6) is 0.932. The van der Waals surface area contributed by atoms with Gasteiger partial charge in [0, 0.05) is 42.1 Å². The van der Waals surface area contributed by atoms with Gasteiger partial charge in [-0.15, -0.1) is 0 Å². The summed E-state index contributed by atoms with van der Waals surface area (Å²) >= 11 is 0. The van der Waals surface area contributed by atoms with Gasteiger partial charge in [0.1, 0.15) is 0 Å². The normalized spacial score (nSPS) is 39.7. The van der Waals surface area contributed by atoms with Gasteiger partial charge in [-0.25, -0.2) is 0 Å². The molecule has 1 amide bonds. The maximum atomic E-state index is 13.5. The number of carbonyl (C=O) groups excluding carboxylic acids is 1. The lowest BCUT2D eigenvalue weighted by atomic mass is 9.51. The van der Waals surface area contributed by atoms with Crippen LogP contribution in [0.2, 0.25) is 0 Å². The van der Waals surface area contributed by atoms with Gasteiger partial charge in [0.05, 0.1) is 25.2 Å². The SMILES string of the molecule is O=C1CC2OCC=C3CN4CC[C@@]56c7ccccc7N1C5[C@H]2[C@H]3/C(=C\c1ccccc1)[C@H]46. The Kier molecular flexibility index (Phi) is 3.34. The van der Waals surface area contributed by atoms with Crippen LogP contribution < -0.4 is 4.90 Å². The molecule has 0 aromatic heterocycles. The van der Waals surface area contributed by atoms with Crippen LogP contribution in [0.3, 0.4) is 0 Å². The Morgan fingerprint density at radius 1 is 1.06 bits per heavy atom. The summed E-state index contributed by atoms with van der Waals surface area (Å²) in [6.45, 7) is 2.76. The highest BCUT2D eigenvalue weighted by Crippen LogP contribution is 2.67. The number of fused-ring (bicyclic) bond motifs is 2. The number of benzene rings is 2. The quantitative estimate of drug-likeness (QED) is 0.656. The largest absolute Gasteiger partial charge is 0.373 e. The van der Waals surface area contributed by atoms with Crippen molar-refractivity contribution in [3.05, 3.63) is 82.9 Å². The van der Waals surface area contributed by atoms with Crippen molar-refractivity contribution in [2.24, 2.45) is 11.8 Å². The third-order valence-corrected chi connectivity index (χ3v) is 9.21. The summed E-state index contributed by atoms with van der Waals surface area (Å²) in [5.41, 5.74) is 6.85. The number of anilines is 1. The number of hydrogen-bond acceptors (Lipinski definition) is 3. The Morgan fingerprint density at radius 3 is 2.81 bits per heavy atom. The second kappa shape index (κ2) is 6.00. The fourth-order valence-electron chi connectivity index (χ4n) is 8.36. The molecule has 1 saturated carbocycles. The van der Waals surface area contributed by atoms with E-state index in [1.54, 1.807) is 5.57 Å². The Bertz CT molecular complexity index is 1220. The number of carbonyl (C=O) groups is 1. The van der Waals surface area contributed by atoms with E-state index in [2.05, 4.69) is 76.5 Å². The van der Waals surface area contributed by atoms with Crippen molar-refractivity contribution in [3.63, 3.8) is 0 Å². The molecule has 0 N–H and O–H groups in total. The first-order chi connectivity index (χ1) is 15.8. The molecule has 1 spiro atoms. The lowest BCUT2D eigenvalue weighted by Gasteiger charge is -2.60. The van der Waals surface area contributed by atoms with Gasteiger partial charge in [-0.2, -0.15) is 0 Å². The molecule has 2 unspecified atom stereocenters. The summed E-state index contributed by atoms with van der Waals surface area (Å²) in [7, 11) is 0. The Labute approximate surface area is 188 Å². The summed E-state index contributed by atoms with van der Waals surface area (Å²) in [6.07, 6.45) is 6.42. The molecule has 5 heterocycles. The highest BCUT2D eigenvalue weighted by Gasteiger charge is 2.72. The average molecular weight is 423 g/mol. The third-order valence-electron chi connectivity index (χ3n) is 9.21. The van der Waals surface area contributed by atoms with E-state index in [-0.39, 0.29) is 23.5 Å². The second-order valence-electron chi connectivity index (χ2n) is 10.4. The monoisotopic (exact) mass is 422 g/mol. The highest BCUT2D eigenvalue weighted by molar-refractivity contribution is 5.99. The van der Waals surface area contributed by atoms with Gasteiger partial charge in [-0.3, -0.25) is 9.69 Å². The molecule has 4 nitrogen and oxygen atoms in total. The van der Waals surface area contributed by atoms with E-state index in [4.69, 9.17) is 4.74 Å². The molecular formula is C28H26N2O2. The topological polar surface area (TPSA) is 32.8 Å². The molecule has 2 bridgehead atoms. The second-order valence-corrected chi connectivity index (χ2v) is 10.4. The fourth-order valence-corrected chi connectivity index (χ4v) is 8.36. The lowest BCUT2D eigenvalue weighted by molar-refractivity contribution is -0.130.